The largest absolute Gasteiger partial charge is 0.366 e. The fraction of sp³-hybridized carbons (Fsp3) is 0.667. The number of morpholine rings is 1. The maximum atomic E-state index is 12.3. The summed E-state index contributed by atoms with van der Waals surface area (Å²) >= 11 is 0. The van der Waals surface area contributed by atoms with E-state index in [0.29, 0.717) is 19.5 Å². The zero-order chi connectivity index (χ0) is 15.4. The van der Waals surface area contributed by atoms with Crippen LogP contribution in [0.25, 0.3) is 0 Å². The fourth-order valence-corrected chi connectivity index (χ4v) is 3.11. The van der Waals surface area contributed by atoms with Crippen molar-refractivity contribution < 1.29 is 14.3 Å². The lowest BCUT2D eigenvalue weighted by Gasteiger charge is -2.30. The van der Waals surface area contributed by atoms with E-state index in [1.165, 1.54) is 0 Å². The monoisotopic (exact) mass is 306 g/mol. The lowest BCUT2D eigenvalue weighted by Crippen LogP contribution is -2.51. The predicted octanol–water partition coefficient (Wildman–Crippen LogP) is 0.169. The number of imidazole rings is 1. The Morgan fingerprint density at radius 2 is 2.27 bits per heavy atom. The number of fused-ring (bicyclic) bond motifs is 1. The molecular formula is C15H22N4O3. The molecule has 0 aliphatic carbocycles. The molecule has 1 N–H and O–H groups in total. The first-order valence-electron chi connectivity index (χ1n) is 7.87. The molecule has 0 spiro atoms. The van der Waals surface area contributed by atoms with Gasteiger partial charge in [0.15, 0.2) is 0 Å². The van der Waals surface area contributed by atoms with E-state index < -0.39 is 0 Å². The summed E-state index contributed by atoms with van der Waals surface area (Å²) in [6.45, 7) is 2.35. The van der Waals surface area contributed by atoms with Crippen LogP contribution >= 0.6 is 0 Å². The minimum absolute atomic E-state index is 0.0430. The summed E-state index contributed by atoms with van der Waals surface area (Å²) in [5, 5.41) is 2.97. The summed E-state index contributed by atoms with van der Waals surface area (Å²) < 4.78 is 7.55. The minimum atomic E-state index is -0.0543. The van der Waals surface area contributed by atoms with Crippen LogP contribution in [0.15, 0.2) is 18.7 Å². The number of likely N-dealkylation sites (tertiary alicyclic amines) is 1. The SMILES string of the molecule is O=C1CO[C@H]2CCN(C(=O)CCCn3ccnc3)CC[C@@H]2N1. The molecule has 2 saturated heterocycles. The second-order valence-electron chi connectivity index (χ2n) is 5.89. The van der Waals surface area contributed by atoms with Crippen LogP contribution < -0.4 is 5.32 Å². The molecule has 3 rings (SSSR count). The number of aromatic nitrogens is 2. The molecule has 0 unspecified atom stereocenters. The number of ether oxygens (including phenoxy) is 1. The summed E-state index contributed by atoms with van der Waals surface area (Å²) in [7, 11) is 0. The van der Waals surface area contributed by atoms with Crippen LogP contribution in [0, 0.1) is 0 Å². The highest BCUT2D eigenvalue weighted by Crippen LogP contribution is 2.18. The Morgan fingerprint density at radius 3 is 3.09 bits per heavy atom. The highest BCUT2D eigenvalue weighted by Gasteiger charge is 2.33. The Balaban J connectivity index is 1.45. The summed E-state index contributed by atoms with van der Waals surface area (Å²) in [4.78, 5) is 29.6. The Bertz CT molecular complexity index is 517. The maximum Gasteiger partial charge on any atom is 0.246 e. The highest BCUT2D eigenvalue weighted by molar-refractivity contribution is 5.78. The molecule has 2 aliphatic heterocycles. The quantitative estimate of drug-likeness (QED) is 0.860. The zero-order valence-electron chi connectivity index (χ0n) is 12.6. The first kappa shape index (κ1) is 15.0. The highest BCUT2D eigenvalue weighted by atomic mass is 16.5. The van der Waals surface area contributed by atoms with Crippen molar-refractivity contribution in [3.8, 4) is 0 Å². The molecule has 0 radical (unpaired) electrons. The van der Waals surface area contributed by atoms with Crippen LogP contribution in [0.1, 0.15) is 25.7 Å². The number of rotatable bonds is 4. The summed E-state index contributed by atoms with van der Waals surface area (Å²) in [5.41, 5.74) is 0. The molecule has 3 heterocycles. The molecule has 1 aromatic heterocycles. The van der Waals surface area contributed by atoms with E-state index in [-0.39, 0.29) is 30.6 Å². The summed E-state index contributed by atoms with van der Waals surface area (Å²) in [5.74, 6) is 0.131. The molecule has 2 atom stereocenters. The van der Waals surface area contributed by atoms with Gasteiger partial charge in [0.05, 0.1) is 18.5 Å². The Morgan fingerprint density at radius 1 is 1.41 bits per heavy atom. The second-order valence-corrected chi connectivity index (χ2v) is 5.89. The van der Waals surface area contributed by atoms with E-state index in [1.807, 2.05) is 15.7 Å². The Hall–Kier alpha value is -1.89. The van der Waals surface area contributed by atoms with Gasteiger partial charge in [0.1, 0.15) is 6.61 Å². The van der Waals surface area contributed by atoms with Gasteiger partial charge in [0, 0.05) is 38.4 Å². The van der Waals surface area contributed by atoms with E-state index in [1.54, 1.807) is 12.5 Å². The van der Waals surface area contributed by atoms with Crippen molar-refractivity contribution >= 4 is 11.8 Å². The third kappa shape index (κ3) is 3.65. The molecule has 2 aliphatic rings. The topological polar surface area (TPSA) is 76.5 Å². The van der Waals surface area contributed by atoms with E-state index in [4.69, 9.17) is 4.74 Å². The van der Waals surface area contributed by atoms with Crippen molar-refractivity contribution in [1.82, 2.24) is 19.8 Å². The number of amides is 2. The summed E-state index contributed by atoms with van der Waals surface area (Å²) in [6.07, 6.45) is 8.37. The van der Waals surface area contributed by atoms with Crippen LogP contribution in [0.4, 0.5) is 0 Å². The molecule has 0 aromatic carbocycles. The zero-order valence-corrected chi connectivity index (χ0v) is 12.6. The molecule has 120 valence electrons. The van der Waals surface area contributed by atoms with E-state index >= 15 is 0 Å². The number of carbonyl (C=O) groups is 2. The van der Waals surface area contributed by atoms with Crippen LogP contribution in [0.5, 0.6) is 0 Å². The van der Waals surface area contributed by atoms with Gasteiger partial charge in [0.2, 0.25) is 11.8 Å². The van der Waals surface area contributed by atoms with Gasteiger partial charge in [-0.3, -0.25) is 9.59 Å². The molecule has 2 fully saturated rings. The number of carbonyl (C=O) groups excluding carboxylic acids is 2. The first-order valence-corrected chi connectivity index (χ1v) is 7.87. The standard InChI is InChI=1S/C15H22N4O3/c20-14-10-22-13-4-8-19(7-3-12(13)17-14)15(21)2-1-6-18-9-5-16-11-18/h5,9,11-13H,1-4,6-8,10H2,(H,17,20)/t12-,13-/m0/s1. The Labute approximate surface area is 129 Å². The molecule has 7 heteroatoms. The van der Waals surface area contributed by atoms with Gasteiger partial charge in [-0.2, -0.15) is 0 Å². The van der Waals surface area contributed by atoms with Crippen molar-refractivity contribution in [1.29, 1.82) is 0 Å². The molecule has 1 aromatic rings. The molecule has 0 bridgehead atoms. The first-order chi connectivity index (χ1) is 10.7. The predicted molar refractivity (Wildman–Crippen MR) is 78.9 cm³/mol. The van der Waals surface area contributed by atoms with Crippen molar-refractivity contribution in [3.05, 3.63) is 18.7 Å². The van der Waals surface area contributed by atoms with Crippen LogP contribution in [-0.4, -0.2) is 58.1 Å². The lowest BCUT2D eigenvalue weighted by atomic mass is 10.0. The molecule has 2 amide bonds. The maximum absolute atomic E-state index is 12.3. The van der Waals surface area contributed by atoms with Crippen molar-refractivity contribution in [2.24, 2.45) is 0 Å². The third-order valence-corrected chi connectivity index (χ3v) is 4.34. The number of nitrogens with zero attached hydrogens (tertiary/aromatic N) is 3. The number of aryl methyl sites for hydroxylation is 1. The number of hydrogen-bond donors (Lipinski definition) is 1. The van der Waals surface area contributed by atoms with Gasteiger partial charge in [-0.15, -0.1) is 0 Å². The normalized spacial score (nSPS) is 25.3. The van der Waals surface area contributed by atoms with Gasteiger partial charge in [-0.05, 0) is 19.3 Å². The van der Waals surface area contributed by atoms with Gasteiger partial charge in [-0.1, -0.05) is 0 Å². The summed E-state index contributed by atoms with van der Waals surface area (Å²) in [6, 6.07) is 0.0463. The number of nitrogens with one attached hydrogen (secondary N) is 1. The van der Waals surface area contributed by atoms with Crippen LogP contribution in [-0.2, 0) is 20.9 Å². The van der Waals surface area contributed by atoms with E-state index in [9.17, 15) is 9.59 Å². The van der Waals surface area contributed by atoms with Crippen LogP contribution in [0.3, 0.4) is 0 Å². The molecular weight excluding hydrogens is 284 g/mol. The average molecular weight is 306 g/mol. The van der Waals surface area contributed by atoms with Crippen molar-refractivity contribution in [2.75, 3.05) is 19.7 Å². The minimum Gasteiger partial charge on any atom is -0.366 e. The van der Waals surface area contributed by atoms with E-state index in [0.717, 1.165) is 25.8 Å². The lowest BCUT2D eigenvalue weighted by molar-refractivity contribution is -0.137. The third-order valence-electron chi connectivity index (χ3n) is 4.34. The van der Waals surface area contributed by atoms with Crippen molar-refractivity contribution in [3.63, 3.8) is 0 Å². The molecule has 22 heavy (non-hydrogen) atoms. The van der Waals surface area contributed by atoms with Crippen LogP contribution in [0.2, 0.25) is 0 Å². The van der Waals surface area contributed by atoms with Gasteiger partial charge < -0.3 is 19.5 Å². The smallest absolute Gasteiger partial charge is 0.246 e. The van der Waals surface area contributed by atoms with Gasteiger partial charge in [0.25, 0.3) is 0 Å². The second kappa shape index (κ2) is 6.91. The molecule has 7 nitrogen and oxygen atoms in total. The number of hydrogen-bond acceptors (Lipinski definition) is 4. The van der Waals surface area contributed by atoms with Gasteiger partial charge in [-0.25, -0.2) is 4.98 Å². The fourth-order valence-electron chi connectivity index (χ4n) is 3.11. The van der Waals surface area contributed by atoms with E-state index in [2.05, 4.69) is 10.3 Å². The van der Waals surface area contributed by atoms with Crippen molar-refractivity contribution in [2.45, 2.75) is 44.4 Å². The average Bonchev–Trinajstić information content (AvgIpc) is 2.93. The van der Waals surface area contributed by atoms with Gasteiger partial charge >= 0.3 is 0 Å². The molecule has 0 saturated carbocycles. The Kier molecular flexibility index (Phi) is 4.72.